The third-order valence-electron chi connectivity index (χ3n) is 3.10. The molecule has 0 aromatic carbocycles. The van der Waals surface area contributed by atoms with Crippen LogP contribution in [0.3, 0.4) is 0 Å². The molecule has 0 N–H and O–H groups in total. The average molecular weight is 263 g/mol. The number of halogens is 1. The van der Waals surface area contributed by atoms with Crippen LogP contribution < -0.4 is 0 Å². The molecule has 1 fully saturated rings. The number of hydrogen-bond donors (Lipinski definition) is 0. The molecule has 0 aromatic rings. The van der Waals surface area contributed by atoms with Crippen LogP contribution in [0.4, 0.5) is 0 Å². The minimum absolute atomic E-state index is 0.404. The summed E-state index contributed by atoms with van der Waals surface area (Å²) in [5.74, 6) is 0. The Hall–Kier alpha value is 0.440. The highest BCUT2D eigenvalue weighted by Gasteiger charge is 2.35. The summed E-state index contributed by atoms with van der Waals surface area (Å²) < 4.78 is 5.78. The lowest BCUT2D eigenvalue weighted by molar-refractivity contribution is 0.00260. The van der Waals surface area contributed by atoms with E-state index in [4.69, 9.17) is 4.74 Å². The quantitative estimate of drug-likeness (QED) is 0.538. The molecule has 84 valence electrons. The lowest BCUT2D eigenvalue weighted by Crippen LogP contribution is -2.36. The Balaban J connectivity index is 2.09. The zero-order valence-electron chi connectivity index (χ0n) is 9.74. The van der Waals surface area contributed by atoms with Gasteiger partial charge in [-0.15, -0.1) is 0 Å². The summed E-state index contributed by atoms with van der Waals surface area (Å²) in [6.07, 6.45) is 5.22. The van der Waals surface area contributed by atoms with Crippen molar-refractivity contribution in [2.24, 2.45) is 10.8 Å². The smallest absolute Gasteiger partial charge is 0.0530 e. The van der Waals surface area contributed by atoms with Crippen LogP contribution in [0.25, 0.3) is 0 Å². The van der Waals surface area contributed by atoms with E-state index in [1.807, 2.05) is 0 Å². The molecular weight excluding hydrogens is 240 g/mol. The van der Waals surface area contributed by atoms with Crippen molar-refractivity contribution >= 4 is 15.9 Å². The fourth-order valence-corrected chi connectivity index (χ4v) is 2.38. The minimum atomic E-state index is 0.404. The van der Waals surface area contributed by atoms with Crippen LogP contribution in [-0.4, -0.2) is 18.5 Å². The molecule has 1 aliphatic carbocycles. The predicted molar refractivity (Wildman–Crippen MR) is 65.0 cm³/mol. The Morgan fingerprint density at radius 3 is 2.29 bits per heavy atom. The van der Waals surface area contributed by atoms with Crippen molar-refractivity contribution in [2.75, 3.05) is 18.5 Å². The van der Waals surface area contributed by atoms with E-state index in [1.165, 1.54) is 19.3 Å². The molecule has 1 rings (SSSR count). The summed E-state index contributed by atoms with van der Waals surface area (Å²) >= 11 is 3.59. The van der Waals surface area contributed by atoms with Gasteiger partial charge in [0.2, 0.25) is 0 Å². The maximum Gasteiger partial charge on any atom is 0.0530 e. The molecule has 2 heteroatoms. The Bertz CT molecular complexity index is 162. The number of rotatable bonds is 5. The van der Waals surface area contributed by atoms with Gasteiger partial charge in [-0.1, -0.05) is 43.1 Å². The maximum absolute atomic E-state index is 5.78. The van der Waals surface area contributed by atoms with Gasteiger partial charge in [-0.2, -0.15) is 0 Å². The number of alkyl halides is 1. The van der Waals surface area contributed by atoms with E-state index in [0.29, 0.717) is 10.8 Å². The first-order valence-electron chi connectivity index (χ1n) is 5.61. The standard InChI is InChI=1S/C12H23BrO/c1-11(2,3)7-8-14-10-12(9-13)5-4-6-12/h4-10H2,1-3H3. The van der Waals surface area contributed by atoms with Gasteiger partial charge in [-0.05, 0) is 24.7 Å². The monoisotopic (exact) mass is 262 g/mol. The molecule has 1 aliphatic rings. The van der Waals surface area contributed by atoms with Gasteiger partial charge in [-0.25, -0.2) is 0 Å². The molecule has 0 unspecified atom stereocenters. The molecule has 0 spiro atoms. The number of ether oxygens (including phenoxy) is 1. The van der Waals surface area contributed by atoms with Crippen molar-refractivity contribution in [1.82, 2.24) is 0 Å². The molecule has 0 amide bonds. The van der Waals surface area contributed by atoms with E-state index in [1.54, 1.807) is 0 Å². The molecular formula is C12H23BrO. The molecule has 0 atom stereocenters. The third-order valence-corrected chi connectivity index (χ3v) is 4.29. The Morgan fingerprint density at radius 2 is 1.93 bits per heavy atom. The van der Waals surface area contributed by atoms with Gasteiger partial charge in [0.05, 0.1) is 6.61 Å². The zero-order valence-corrected chi connectivity index (χ0v) is 11.3. The van der Waals surface area contributed by atoms with Crippen LogP contribution in [-0.2, 0) is 4.74 Å². The molecule has 1 nitrogen and oxygen atoms in total. The molecule has 14 heavy (non-hydrogen) atoms. The highest BCUT2D eigenvalue weighted by atomic mass is 79.9. The molecule has 0 aromatic heterocycles. The van der Waals surface area contributed by atoms with E-state index < -0.39 is 0 Å². The predicted octanol–water partition coefficient (Wildman–Crippen LogP) is 4.00. The lowest BCUT2D eigenvalue weighted by atomic mass is 9.71. The van der Waals surface area contributed by atoms with Gasteiger partial charge in [0.25, 0.3) is 0 Å². The molecule has 1 saturated carbocycles. The SMILES string of the molecule is CC(C)(C)CCOCC1(CBr)CCC1. The van der Waals surface area contributed by atoms with Crippen molar-refractivity contribution in [2.45, 2.75) is 46.5 Å². The first-order chi connectivity index (χ1) is 6.47. The summed E-state index contributed by atoms with van der Waals surface area (Å²) in [7, 11) is 0. The van der Waals surface area contributed by atoms with E-state index in [0.717, 1.165) is 25.0 Å². The van der Waals surface area contributed by atoms with Crippen molar-refractivity contribution in [3.63, 3.8) is 0 Å². The van der Waals surface area contributed by atoms with E-state index in [2.05, 4.69) is 36.7 Å². The van der Waals surface area contributed by atoms with E-state index in [-0.39, 0.29) is 0 Å². The van der Waals surface area contributed by atoms with Crippen LogP contribution >= 0.6 is 15.9 Å². The highest BCUT2D eigenvalue weighted by Crippen LogP contribution is 2.42. The molecule has 0 bridgehead atoms. The summed E-state index contributed by atoms with van der Waals surface area (Å²) in [5.41, 5.74) is 0.888. The highest BCUT2D eigenvalue weighted by molar-refractivity contribution is 9.09. The number of hydrogen-bond acceptors (Lipinski definition) is 1. The summed E-state index contributed by atoms with van der Waals surface area (Å²) in [6, 6.07) is 0. The van der Waals surface area contributed by atoms with Gasteiger partial charge in [-0.3, -0.25) is 0 Å². The van der Waals surface area contributed by atoms with Gasteiger partial charge in [0.1, 0.15) is 0 Å². The van der Waals surface area contributed by atoms with Crippen LogP contribution in [0.2, 0.25) is 0 Å². The second-order valence-electron chi connectivity index (χ2n) is 5.85. The van der Waals surface area contributed by atoms with E-state index >= 15 is 0 Å². The van der Waals surface area contributed by atoms with Crippen molar-refractivity contribution in [3.8, 4) is 0 Å². The van der Waals surface area contributed by atoms with Crippen molar-refractivity contribution < 1.29 is 4.74 Å². The second kappa shape index (κ2) is 4.98. The first-order valence-corrected chi connectivity index (χ1v) is 6.73. The minimum Gasteiger partial charge on any atom is -0.381 e. The maximum atomic E-state index is 5.78. The molecule has 0 heterocycles. The summed E-state index contributed by atoms with van der Waals surface area (Å²) in [4.78, 5) is 0. The molecule has 0 radical (unpaired) electrons. The van der Waals surface area contributed by atoms with Gasteiger partial charge >= 0.3 is 0 Å². The Morgan fingerprint density at radius 1 is 1.29 bits per heavy atom. The van der Waals surface area contributed by atoms with Gasteiger partial charge < -0.3 is 4.74 Å². The normalized spacial score (nSPS) is 20.6. The molecule has 0 aliphatic heterocycles. The van der Waals surface area contributed by atoms with Crippen LogP contribution in [0.5, 0.6) is 0 Å². The summed E-state index contributed by atoms with van der Waals surface area (Å²) in [5, 5.41) is 1.11. The largest absolute Gasteiger partial charge is 0.381 e. The average Bonchev–Trinajstić information content (AvgIpc) is 2.00. The fourth-order valence-electron chi connectivity index (χ4n) is 1.66. The summed E-state index contributed by atoms with van der Waals surface area (Å²) in [6.45, 7) is 8.66. The van der Waals surface area contributed by atoms with Crippen LogP contribution in [0.1, 0.15) is 46.5 Å². The first kappa shape index (κ1) is 12.5. The van der Waals surface area contributed by atoms with E-state index in [9.17, 15) is 0 Å². The topological polar surface area (TPSA) is 9.23 Å². The Labute approximate surface area is 96.7 Å². The van der Waals surface area contributed by atoms with Crippen LogP contribution in [0.15, 0.2) is 0 Å². The van der Waals surface area contributed by atoms with Gasteiger partial charge in [0.15, 0.2) is 0 Å². The van der Waals surface area contributed by atoms with Crippen molar-refractivity contribution in [3.05, 3.63) is 0 Å². The third kappa shape index (κ3) is 3.90. The molecule has 0 saturated heterocycles. The van der Waals surface area contributed by atoms with Gasteiger partial charge in [0, 0.05) is 17.4 Å². The van der Waals surface area contributed by atoms with Crippen molar-refractivity contribution in [1.29, 1.82) is 0 Å². The lowest BCUT2D eigenvalue weighted by Gasteiger charge is -2.40. The Kier molecular flexibility index (Phi) is 4.45. The zero-order chi connectivity index (χ0) is 10.7. The second-order valence-corrected chi connectivity index (χ2v) is 6.41. The fraction of sp³-hybridized carbons (Fsp3) is 1.00. The van der Waals surface area contributed by atoms with Crippen LogP contribution in [0, 0.1) is 10.8 Å².